The molecule has 0 aromatic heterocycles. The molecule has 2 N–H and O–H groups in total. The molecule has 1 atom stereocenters. The normalized spacial score (nSPS) is 24.4. The van der Waals surface area contributed by atoms with Crippen molar-refractivity contribution in [1.82, 2.24) is 9.80 Å². The van der Waals surface area contributed by atoms with Gasteiger partial charge in [-0.1, -0.05) is 13.8 Å². The van der Waals surface area contributed by atoms with Gasteiger partial charge in [0.05, 0.1) is 0 Å². The van der Waals surface area contributed by atoms with Crippen molar-refractivity contribution in [2.24, 2.45) is 5.73 Å². The second kappa shape index (κ2) is 6.38. The molecule has 14 heavy (non-hydrogen) atoms. The predicted octanol–water partition coefficient (Wildman–Crippen LogP) is 0.751. The summed E-state index contributed by atoms with van der Waals surface area (Å²) < 4.78 is 0. The molecule has 1 heterocycles. The summed E-state index contributed by atoms with van der Waals surface area (Å²) in [6, 6.07) is 0.769. The Hall–Kier alpha value is -0.120. The van der Waals surface area contributed by atoms with Crippen LogP contribution in [0.3, 0.4) is 0 Å². The number of nitrogens with two attached hydrogens (primary N) is 1. The Balaban J connectivity index is 2.38. The van der Waals surface area contributed by atoms with Crippen molar-refractivity contribution in [2.45, 2.75) is 32.7 Å². The van der Waals surface area contributed by atoms with Crippen LogP contribution in [-0.2, 0) is 0 Å². The average Bonchev–Trinajstić information content (AvgIpc) is 2.21. The van der Waals surface area contributed by atoms with Crippen molar-refractivity contribution < 1.29 is 0 Å². The molecule has 0 bridgehead atoms. The van der Waals surface area contributed by atoms with Crippen LogP contribution in [0.15, 0.2) is 0 Å². The number of hydrogen-bond acceptors (Lipinski definition) is 3. The molecule has 0 radical (unpaired) electrons. The van der Waals surface area contributed by atoms with E-state index in [1.54, 1.807) is 0 Å². The first kappa shape index (κ1) is 12.0. The van der Waals surface area contributed by atoms with Crippen molar-refractivity contribution in [3.05, 3.63) is 0 Å². The third-order valence-corrected chi connectivity index (χ3v) is 3.25. The van der Waals surface area contributed by atoms with Gasteiger partial charge >= 0.3 is 0 Å². The molecule has 0 aromatic carbocycles. The van der Waals surface area contributed by atoms with Crippen molar-refractivity contribution >= 4 is 0 Å². The molecule has 1 fully saturated rings. The predicted molar refractivity (Wildman–Crippen MR) is 61.4 cm³/mol. The lowest BCUT2D eigenvalue weighted by Gasteiger charge is -2.38. The van der Waals surface area contributed by atoms with E-state index in [2.05, 4.69) is 23.6 Å². The molecule has 1 rings (SSSR count). The van der Waals surface area contributed by atoms with Crippen LogP contribution < -0.4 is 5.73 Å². The van der Waals surface area contributed by atoms with E-state index in [0.717, 1.165) is 19.1 Å². The standard InChI is InChI=1S/C11H25N3/c1-3-14(4-2)11-6-5-8-13(10-11)9-7-12/h11H,3-10,12H2,1-2H3. The summed E-state index contributed by atoms with van der Waals surface area (Å²) in [7, 11) is 0. The smallest absolute Gasteiger partial charge is 0.0223 e. The van der Waals surface area contributed by atoms with Gasteiger partial charge < -0.3 is 10.6 Å². The average molecular weight is 199 g/mol. The summed E-state index contributed by atoms with van der Waals surface area (Å²) in [5.74, 6) is 0. The van der Waals surface area contributed by atoms with Gasteiger partial charge in [0, 0.05) is 25.7 Å². The highest BCUT2D eigenvalue weighted by Crippen LogP contribution is 2.14. The van der Waals surface area contributed by atoms with Crippen LogP contribution >= 0.6 is 0 Å². The molecule has 0 aromatic rings. The van der Waals surface area contributed by atoms with E-state index >= 15 is 0 Å². The minimum absolute atomic E-state index is 0.769. The van der Waals surface area contributed by atoms with Crippen LogP contribution in [0, 0.1) is 0 Å². The monoisotopic (exact) mass is 199 g/mol. The summed E-state index contributed by atoms with van der Waals surface area (Å²) in [5, 5.41) is 0. The highest BCUT2D eigenvalue weighted by Gasteiger charge is 2.22. The van der Waals surface area contributed by atoms with Crippen molar-refractivity contribution in [2.75, 3.05) is 39.3 Å². The summed E-state index contributed by atoms with van der Waals surface area (Å²) >= 11 is 0. The minimum atomic E-state index is 0.769. The van der Waals surface area contributed by atoms with Gasteiger partial charge in [0.1, 0.15) is 0 Å². The zero-order valence-electron chi connectivity index (χ0n) is 9.71. The van der Waals surface area contributed by atoms with Gasteiger partial charge in [-0.15, -0.1) is 0 Å². The Morgan fingerprint density at radius 2 is 2.07 bits per heavy atom. The SMILES string of the molecule is CCN(CC)C1CCCN(CCN)C1. The molecule has 1 unspecified atom stereocenters. The first-order chi connectivity index (χ1) is 6.81. The third kappa shape index (κ3) is 3.23. The van der Waals surface area contributed by atoms with Crippen LogP contribution in [0.2, 0.25) is 0 Å². The Morgan fingerprint density at radius 1 is 1.36 bits per heavy atom. The van der Waals surface area contributed by atoms with E-state index in [9.17, 15) is 0 Å². The van der Waals surface area contributed by atoms with Crippen LogP contribution in [0.5, 0.6) is 0 Å². The maximum atomic E-state index is 5.59. The maximum absolute atomic E-state index is 5.59. The largest absolute Gasteiger partial charge is 0.329 e. The van der Waals surface area contributed by atoms with Gasteiger partial charge in [-0.05, 0) is 32.5 Å². The zero-order valence-corrected chi connectivity index (χ0v) is 9.71. The van der Waals surface area contributed by atoms with E-state index in [1.165, 1.54) is 39.0 Å². The molecule has 0 saturated carbocycles. The van der Waals surface area contributed by atoms with Crippen molar-refractivity contribution in [3.8, 4) is 0 Å². The Kier molecular flexibility index (Phi) is 5.45. The number of likely N-dealkylation sites (N-methyl/N-ethyl adjacent to an activating group) is 1. The van der Waals surface area contributed by atoms with Crippen LogP contribution in [-0.4, -0.2) is 55.1 Å². The van der Waals surface area contributed by atoms with Crippen LogP contribution in [0.1, 0.15) is 26.7 Å². The number of hydrogen-bond donors (Lipinski definition) is 1. The second-order valence-corrected chi connectivity index (χ2v) is 4.11. The molecule has 3 nitrogen and oxygen atoms in total. The number of likely N-dealkylation sites (tertiary alicyclic amines) is 1. The lowest BCUT2D eigenvalue weighted by molar-refractivity contribution is 0.107. The summed E-state index contributed by atoms with van der Waals surface area (Å²) in [6.07, 6.45) is 2.70. The lowest BCUT2D eigenvalue weighted by Crippen LogP contribution is -2.48. The summed E-state index contributed by atoms with van der Waals surface area (Å²) in [6.45, 7) is 11.2. The fraction of sp³-hybridized carbons (Fsp3) is 1.00. The fourth-order valence-corrected chi connectivity index (χ4v) is 2.45. The zero-order chi connectivity index (χ0) is 10.4. The van der Waals surface area contributed by atoms with E-state index in [4.69, 9.17) is 5.73 Å². The molecule has 0 amide bonds. The van der Waals surface area contributed by atoms with Crippen molar-refractivity contribution in [3.63, 3.8) is 0 Å². The Labute approximate surface area is 88.2 Å². The summed E-state index contributed by atoms with van der Waals surface area (Å²) in [5.41, 5.74) is 5.59. The minimum Gasteiger partial charge on any atom is -0.329 e. The van der Waals surface area contributed by atoms with Gasteiger partial charge in [0.25, 0.3) is 0 Å². The van der Waals surface area contributed by atoms with Gasteiger partial charge in [0.15, 0.2) is 0 Å². The molecule has 0 spiro atoms. The third-order valence-electron chi connectivity index (χ3n) is 3.25. The van der Waals surface area contributed by atoms with Crippen LogP contribution in [0.4, 0.5) is 0 Å². The summed E-state index contributed by atoms with van der Waals surface area (Å²) in [4.78, 5) is 5.08. The quantitative estimate of drug-likeness (QED) is 0.709. The Bertz CT molecular complexity index is 143. The number of nitrogens with zero attached hydrogens (tertiary/aromatic N) is 2. The highest BCUT2D eigenvalue weighted by molar-refractivity contribution is 4.79. The molecule has 1 aliphatic heterocycles. The van der Waals surface area contributed by atoms with Crippen molar-refractivity contribution in [1.29, 1.82) is 0 Å². The van der Waals surface area contributed by atoms with Gasteiger partial charge in [-0.3, -0.25) is 4.90 Å². The van der Waals surface area contributed by atoms with E-state index in [0.29, 0.717) is 0 Å². The topological polar surface area (TPSA) is 32.5 Å². The molecule has 1 saturated heterocycles. The molecular formula is C11H25N3. The Morgan fingerprint density at radius 3 is 2.64 bits per heavy atom. The molecular weight excluding hydrogens is 174 g/mol. The first-order valence-corrected chi connectivity index (χ1v) is 5.98. The van der Waals surface area contributed by atoms with Gasteiger partial charge in [-0.25, -0.2) is 0 Å². The van der Waals surface area contributed by atoms with E-state index in [-0.39, 0.29) is 0 Å². The molecule has 3 heteroatoms. The lowest BCUT2D eigenvalue weighted by atomic mass is 10.0. The second-order valence-electron chi connectivity index (χ2n) is 4.11. The molecule has 0 aliphatic carbocycles. The molecule has 1 aliphatic rings. The van der Waals surface area contributed by atoms with Gasteiger partial charge in [0.2, 0.25) is 0 Å². The fourth-order valence-electron chi connectivity index (χ4n) is 2.45. The maximum Gasteiger partial charge on any atom is 0.0223 e. The molecule has 84 valence electrons. The number of piperidine rings is 1. The van der Waals surface area contributed by atoms with Gasteiger partial charge in [-0.2, -0.15) is 0 Å². The van der Waals surface area contributed by atoms with E-state index in [1.807, 2.05) is 0 Å². The number of rotatable bonds is 5. The first-order valence-electron chi connectivity index (χ1n) is 5.98. The van der Waals surface area contributed by atoms with Crippen LogP contribution in [0.25, 0.3) is 0 Å². The van der Waals surface area contributed by atoms with E-state index < -0.39 is 0 Å². The highest BCUT2D eigenvalue weighted by atomic mass is 15.2.